The second kappa shape index (κ2) is 40.0. The molecule has 1 heterocycles. The Bertz CT molecular complexity index is 2590. The number of nitrogens with one attached hydrogen (secondary N) is 11. The van der Waals surface area contributed by atoms with E-state index in [0.29, 0.717) is 12.8 Å². The van der Waals surface area contributed by atoms with Gasteiger partial charge in [-0.2, -0.15) is 0 Å². The predicted molar refractivity (Wildman–Crippen MR) is 329 cm³/mol. The van der Waals surface area contributed by atoms with Crippen LogP contribution in [0, 0.1) is 29.6 Å². The first-order valence-electron chi connectivity index (χ1n) is 30.9. The van der Waals surface area contributed by atoms with E-state index in [2.05, 4.69) is 58.5 Å². The van der Waals surface area contributed by atoms with Gasteiger partial charge in [0.1, 0.15) is 66.5 Å². The summed E-state index contributed by atoms with van der Waals surface area (Å²) < 4.78 is 0. The molecule has 21 N–H and O–H groups in total. The van der Waals surface area contributed by atoms with E-state index in [4.69, 9.17) is 17.2 Å². The van der Waals surface area contributed by atoms with Crippen LogP contribution in [0.2, 0.25) is 0 Å². The Hall–Kier alpha value is -8.11. The number of hydrogen-bond donors (Lipinski definition) is 18. The Labute approximate surface area is 535 Å². The number of aliphatic carboxylic acids is 2. The third kappa shape index (κ3) is 28.2. The highest BCUT2D eigenvalue weighted by Gasteiger charge is 2.41. The molecule has 1 aliphatic rings. The number of nitrogens with zero attached hydrogens (tertiary/aromatic N) is 1. The van der Waals surface area contributed by atoms with Gasteiger partial charge in [0.05, 0.1) is 38.1 Å². The first kappa shape index (κ1) is 81.9. The Morgan fingerprint density at radius 1 is 0.511 bits per heavy atom. The fraction of sp³-hybridized carbons (Fsp3) is 0.741. The minimum atomic E-state index is -1.79. The average Bonchev–Trinajstić information content (AvgIpc) is 1.58. The lowest BCUT2D eigenvalue weighted by molar-refractivity contribution is -0.144. The van der Waals surface area contributed by atoms with E-state index in [1.807, 2.05) is 13.8 Å². The molecule has 0 unspecified atom stereocenters. The van der Waals surface area contributed by atoms with Crippen molar-refractivity contribution in [2.45, 2.75) is 219 Å². The molecule has 0 aromatic heterocycles. The largest absolute Gasteiger partial charge is 0.481 e. The quantitative estimate of drug-likeness (QED) is 0.0254. The molecule has 1 fully saturated rings. The zero-order valence-corrected chi connectivity index (χ0v) is 54.7. The molecule has 13 amide bonds. The van der Waals surface area contributed by atoms with E-state index in [0.717, 1.165) is 11.8 Å². The highest BCUT2D eigenvalue weighted by Crippen LogP contribution is 2.20. The SMILES string of the molecule is CC(C)C[C@H](NC(=O)[C@H](CC(=O)O)NC(=O)[C@@H](NC(=O)[C@@H](NC(=O)[C@@H](N)CC(C)C)C(C)C)C(C)C)C(=O)N[C@@H](C)C(=O)N1CCC[C@H]1C(=O)N[C@@H](CO)C(=O)N[C@@H](CCCCN)C(=O)NCC(=O)N[C@H](C(=O)N[C@H](C(=O)N[C@@H](CC(N)=O)C(=O)O)C(C)C)[C@@H](C)O. The summed E-state index contributed by atoms with van der Waals surface area (Å²) in [4.78, 5) is 199. The van der Waals surface area contributed by atoms with Crippen LogP contribution in [0.1, 0.15) is 141 Å². The molecule has 0 saturated carbocycles. The van der Waals surface area contributed by atoms with E-state index < -0.39 is 211 Å². The lowest BCUT2D eigenvalue weighted by Crippen LogP contribution is -2.61. The van der Waals surface area contributed by atoms with Gasteiger partial charge >= 0.3 is 11.9 Å². The second-order valence-corrected chi connectivity index (χ2v) is 24.9. The molecule has 522 valence electrons. The first-order chi connectivity index (χ1) is 42.8. The van der Waals surface area contributed by atoms with Gasteiger partial charge in [-0.25, -0.2) is 4.79 Å². The minimum absolute atomic E-state index is 0.00320. The number of primary amides is 1. The summed E-state index contributed by atoms with van der Waals surface area (Å²) in [5.74, 6) is -17.2. The fourth-order valence-corrected chi connectivity index (χ4v) is 9.59. The normalized spacial score (nSPS) is 17.0. The third-order valence-electron chi connectivity index (χ3n) is 14.6. The first-order valence-corrected chi connectivity index (χ1v) is 30.9. The maximum Gasteiger partial charge on any atom is 0.326 e. The van der Waals surface area contributed by atoms with Crippen LogP contribution in [0.25, 0.3) is 0 Å². The summed E-state index contributed by atoms with van der Waals surface area (Å²) in [6.07, 6.45) is -2.15. The number of amides is 13. The van der Waals surface area contributed by atoms with Gasteiger partial charge in [-0.1, -0.05) is 69.2 Å². The van der Waals surface area contributed by atoms with Gasteiger partial charge in [0.25, 0.3) is 0 Å². The van der Waals surface area contributed by atoms with Gasteiger partial charge in [-0.15, -0.1) is 0 Å². The van der Waals surface area contributed by atoms with Gasteiger partial charge in [0.15, 0.2) is 0 Å². The van der Waals surface area contributed by atoms with Crippen molar-refractivity contribution in [2.24, 2.45) is 46.8 Å². The molecular formula is C58H101N15O19. The molecule has 0 aliphatic carbocycles. The maximum absolute atomic E-state index is 14.0. The van der Waals surface area contributed by atoms with Crippen molar-refractivity contribution in [2.75, 3.05) is 26.2 Å². The molecule has 0 aromatic carbocycles. The molecular weight excluding hydrogens is 1210 g/mol. The lowest BCUT2D eigenvalue weighted by Gasteiger charge is -2.30. The van der Waals surface area contributed by atoms with Crippen molar-refractivity contribution in [1.29, 1.82) is 0 Å². The number of aliphatic hydroxyl groups is 2. The van der Waals surface area contributed by atoms with Crippen LogP contribution in [-0.2, 0) is 71.9 Å². The number of likely N-dealkylation sites (tertiary alicyclic amines) is 1. The predicted octanol–water partition coefficient (Wildman–Crippen LogP) is -5.71. The Morgan fingerprint density at radius 2 is 0.978 bits per heavy atom. The molecule has 1 rings (SSSR count). The number of unbranched alkanes of at least 4 members (excludes halogenated alkanes) is 1. The van der Waals surface area contributed by atoms with Crippen LogP contribution < -0.4 is 75.7 Å². The highest BCUT2D eigenvalue weighted by molar-refractivity contribution is 6.00. The summed E-state index contributed by atoms with van der Waals surface area (Å²) in [5.41, 5.74) is 16.8. The van der Waals surface area contributed by atoms with Gasteiger partial charge < -0.3 is 101 Å². The van der Waals surface area contributed by atoms with Gasteiger partial charge in [0.2, 0.25) is 76.8 Å². The van der Waals surface area contributed by atoms with E-state index in [9.17, 15) is 92.3 Å². The molecule has 1 aliphatic heterocycles. The molecule has 0 radical (unpaired) electrons. The number of carbonyl (C=O) groups excluding carboxylic acids is 13. The van der Waals surface area contributed by atoms with Crippen molar-refractivity contribution in [3.05, 3.63) is 0 Å². The number of carbonyl (C=O) groups is 15. The number of nitrogens with two attached hydrogens (primary N) is 3. The lowest BCUT2D eigenvalue weighted by atomic mass is 9.98. The number of aliphatic hydroxyl groups excluding tert-OH is 2. The monoisotopic (exact) mass is 1310 g/mol. The van der Waals surface area contributed by atoms with Crippen LogP contribution in [0.4, 0.5) is 0 Å². The molecule has 0 spiro atoms. The van der Waals surface area contributed by atoms with E-state index in [1.165, 1.54) is 20.8 Å². The van der Waals surface area contributed by atoms with E-state index >= 15 is 0 Å². The zero-order chi connectivity index (χ0) is 70.6. The number of rotatable bonds is 41. The van der Waals surface area contributed by atoms with Gasteiger partial charge in [-0.3, -0.25) is 67.1 Å². The third-order valence-corrected chi connectivity index (χ3v) is 14.6. The smallest absolute Gasteiger partial charge is 0.326 e. The van der Waals surface area contributed by atoms with Crippen LogP contribution in [-0.4, -0.2) is 219 Å². The van der Waals surface area contributed by atoms with Crippen molar-refractivity contribution in [3.63, 3.8) is 0 Å². The molecule has 1 saturated heterocycles. The average molecular weight is 1310 g/mol. The van der Waals surface area contributed by atoms with Crippen LogP contribution >= 0.6 is 0 Å². The van der Waals surface area contributed by atoms with Gasteiger partial charge in [0, 0.05) is 6.54 Å². The minimum Gasteiger partial charge on any atom is -0.481 e. The molecule has 13 atom stereocenters. The standard InChI is InChI=1S/C58H101N15O19/c1-26(2)20-33(60)47(80)70-45(30(9)10)55(88)71-43(28(5)6)53(86)66-36(23-42(78)79)50(83)65-35(21-27(3)4)49(82)63-31(11)57(90)73-19-15-17-39(73)52(85)68-38(25-74)51(84)64-34(16-13-14-18-59)48(81)62-24-41(77)69-46(32(12)75)56(89)72-44(29(7)8)54(87)67-37(58(91)92)22-40(61)76/h26-39,43-46,74-75H,13-25,59-60H2,1-12H3,(H2,61,76)(H,62,81)(H,63,82)(H,64,84)(H,65,83)(H,66,86)(H,67,87)(H,68,85)(H,69,77)(H,70,80)(H,71,88)(H,72,89)(H,78,79)(H,91,92)/t31-,32+,33-,34-,35-,36-,37-,38-,39-,43-,44-,45-,46-/m0/s1. The zero-order valence-electron chi connectivity index (χ0n) is 54.7. The van der Waals surface area contributed by atoms with Crippen molar-refractivity contribution in [3.8, 4) is 0 Å². The summed E-state index contributed by atoms with van der Waals surface area (Å²) in [6, 6.07) is -17.3. The van der Waals surface area contributed by atoms with Crippen molar-refractivity contribution >= 4 is 88.7 Å². The summed E-state index contributed by atoms with van der Waals surface area (Å²) >= 11 is 0. The number of carboxylic acid groups (broad SMARTS) is 2. The molecule has 34 nitrogen and oxygen atoms in total. The van der Waals surface area contributed by atoms with Crippen molar-refractivity contribution < 1.29 is 92.3 Å². The summed E-state index contributed by atoms with van der Waals surface area (Å²) in [6.45, 7) is 17.4. The molecule has 34 heteroatoms. The number of hydrogen-bond acceptors (Lipinski definition) is 19. The fourth-order valence-electron chi connectivity index (χ4n) is 9.59. The van der Waals surface area contributed by atoms with Gasteiger partial charge in [-0.05, 0) is 94.9 Å². The van der Waals surface area contributed by atoms with Crippen molar-refractivity contribution in [1.82, 2.24) is 63.4 Å². The summed E-state index contributed by atoms with van der Waals surface area (Å²) in [7, 11) is 0. The van der Waals surface area contributed by atoms with E-state index in [1.54, 1.807) is 41.5 Å². The Morgan fingerprint density at radius 3 is 1.45 bits per heavy atom. The molecule has 0 bridgehead atoms. The van der Waals surface area contributed by atoms with Crippen LogP contribution in [0.5, 0.6) is 0 Å². The second-order valence-electron chi connectivity index (χ2n) is 24.9. The Kier molecular flexibility index (Phi) is 35.6. The van der Waals surface area contributed by atoms with Crippen LogP contribution in [0.15, 0.2) is 0 Å². The summed E-state index contributed by atoms with van der Waals surface area (Å²) in [5, 5.41) is 66.4. The van der Waals surface area contributed by atoms with E-state index in [-0.39, 0.29) is 57.0 Å². The highest BCUT2D eigenvalue weighted by atomic mass is 16.4. The topological polar surface area (TPSA) is 551 Å². The molecule has 0 aromatic rings. The Balaban J connectivity index is 3.21. The molecule has 92 heavy (non-hydrogen) atoms. The number of carboxylic acids is 2. The van der Waals surface area contributed by atoms with Crippen LogP contribution in [0.3, 0.4) is 0 Å². The maximum atomic E-state index is 14.0.